The molecule has 8 nitrogen and oxygen atoms in total. The molecule has 0 atom stereocenters. The molecule has 0 spiro atoms. The van der Waals surface area contributed by atoms with Crippen molar-refractivity contribution in [3.8, 4) is 0 Å². The SMILES string of the molecule is NCc1c(C(=O)O)nnn1CCOCCO. The Morgan fingerprint density at radius 1 is 1.50 bits per heavy atom. The molecule has 16 heavy (non-hydrogen) atoms. The van der Waals surface area contributed by atoms with Crippen molar-refractivity contribution in [2.75, 3.05) is 19.8 Å². The monoisotopic (exact) mass is 230 g/mol. The van der Waals surface area contributed by atoms with Crippen LogP contribution in [0.4, 0.5) is 0 Å². The summed E-state index contributed by atoms with van der Waals surface area (Å²) in [4.78, 5) is 10.7. The molecule has 0 aliphatic carbocycles. The largest absolute Gasteiger partial charge is 0.476 e. The van der Waals surface area contributed by atoms with Gasteiger partial charge in [-0.1, -0.05) is 5.21 Å². The van der Waals surface area contributed by atoms with Crippen molar-refractivity contribution in [3.63, 3.8) is 0 Å². The Bertz CT molecular complexity index is 352. The number of aliphatic hydroxyl groups excluding tert-OH is 1. The standard InChI is InChI=1S/C8H14N4O4/c9-5-6-7(8(14)15)10-11-12(6)1-3-16-4-2-13/h13H,1-5,9H2,(H,14,15). The minimum absolute atomic E-state index is 0.0502. The van der Waals surface area contributed by atoms with E-state index in [1.54, 1.807) is 0 Å². The highest BCUT2D eigenvalue weighted by atomic mass is 16.5. The maximum Gasteiger partial charge on any atom is 0.358 e. The number of ether oxygens (including phenoxy) is 1. The van der Waals surface area contributed by atoms with Crippen molar-refractivity contribution in [2.24, 2.45) is 5.73 Å². The second kappa shape index (κ2) is 6.16. The third-order valence-electron chi connectivity index (χ3n) is 1.92. The van der Waals surface area contributed by atoms with Crippen LogP contribution in [0.2, 0.25) is 0 Å². The Morgan fingerprint density at radius 3 is 2.81 bits per heavy atom. The van der Waals surface area contributed by atoms with Crippen molar-refractivity contribution in [3.05, 3.63) is 11.4 Å². The minimum atomic E-state index is -1.15. The molecule has 1 heterocycles. The van der Waals surface area contributed by atoms with E-state index < -0.39 is 5.97 Å². The highest BCUT2D eigenvalue weighted by molar-refractivity contribution is 5.86. The number of nitrogens with zero attached hydrogens (tertiary/aromatic N) is 3. The van der Waals surface area contributed by atoms with Crippen LogP contribution >= 0.6 is 0 Å². The van der Waals surface area contributed by atoms with Gasteiger partial charge in [-0.3, -0.25) is 0 Å². The van der Waals surface area contributed by atoms with Gasteiger partial charge in [0.15, 0.2) is 5.69 Å². The fraction of sp³-hybridized carbons (Fsp3) is 0.625. The molecule has 0 aromatic carbocycles. The van der Waals surface area contributed by atoms with Crippen LogP contribution in [0.3, 0.4) is 0 Å². The fourth-order valence-electron chi connectivity index (χ4n) is 1.20. The van der Waals surface area contributed by atoms with E-state index in [0.29, 0.717) is 18.8 Å². The van der Waals surface area contributed by atoms with Crippen molar-refractivity contribution in [1.29, 1.82) is 0 Å². The van der Waals surface area contributed by atoms with E-state index >= 15 is 0 Å². The Labute approximate surface area is 91.6 Å². The van der Waals surface area contributed by atoms with Crippen LogP contribution in [-0.2, 0) is 17.8 Å². The first-order chi connectivity index (χ1) is 7.70. The van der Waals surface area contributed by atoms with Crippen LogP contribution < -0.4 is 5.73 Å². The summed E-state index contributed by atoms with van der Waals surface area (Å²) in [5.74, 6) is -1.15. The molecule has 0 aliphatic heterocycles. The normalized spacial score (nSPS) is 10.6. The summed E-state index contributed by atoms with van der Waals surface area (Å²) in [6.45, 7) is 0.900. The summed E-state index contributed by atoms with van der Waals surface area (Å²) in [5.41, 5.74) is 5.65. The number of carboxylic acid groups (broad SMARTS) is 1. The van der Waals surface area contributed by atoms with Gasteiger partial charge in [0.05, 0.1) is 32.1 Å². The predicted molar refractivity (Wildman–Crippen MR) is 52.8 cm³/mol. The molecule has 0 aliphatic rings. The zero-order valence-electron chi connectivity index (χ0n) is 8.67. The average molecular weight is 230 g/mol. The zero-order chi connectivity index (χ0) is 12.0. The van der Waals surface area contributed by atoms with Gasteiger partial charge in [0.25, 0.3) is 0 Å². The van der Waals surface area contributed by atoms with Gasteiger partial charge in [0, 0.05) is 6.54 Å². The van der Waals surface area contributed by atoms with Gasteiger partial charge in [-0.15, -0.1) is 5.10 Å². The summed E-state index contributed by atoms with van der Waals surface area (Å²) < 4.78 is 6.42. The Morgan fingerprint density at radius 2 is 2.25 bits per heavy atom. The van der Waals surface area contributed by atoms with E-state index in [-0.39, 0.29) is 25.5 Å². The van der Waals surface area contributed by atoms with Crippen molar-refractivity contribution in [2.45, 2.75) is 13.1 Å². The smallest absolute Gasteiger partial charge is 0.358 e. The highest BCUT2D eigenvalue weighted by Crippen LogP contribution is 2.04. The van der Waals surface area contributed by atoms with Crippen molar-refractivity contribution >= 4 is 5.97 Å². The maximum atomic E-state index is 10.7. The minimum Gasteiger partial charge on any atom is -0.476 e. The maximum absolute atomic E-state index is 10.7. The van der Waals surface area contributed by atoms with Crippen LogP contribution in [0.5, 0.6) is 0 Å². The molecule has 0 fully saturated rings. The van der Waals surface area contributed by atoms with Gasteiger partial charge in [0.2, 0.25) is 0 Å². The Hall–Kier alpha value is -1.51. The van der Waals surface area contributed by atoms with E-state index in [1.807, 2.05) is 0 Å². The second-order valence-electron chi connectivity index (χ2n) is 2.95. The molecule has 0 saturated heterocycles. The number of hydrogen-bond acceptors (Lipinski definition) is 6. The molecule has 0 saturated carbocycles. The molecular formula is C8H14N4O4. The number of hydrogen-bond donors (Lipinski definition) is 3. The van der Waals surface area contributed by atoms with E-state index in [4.69, 9.17) is 20.7 Å². The van der Waals surface area contributed by atoms with E-state index in [1.165, 1.54) is 4.68 Å². The Kier molecular flexibility index (Phi) is 4.83. The number of carbonyl (C=O) groups is 1. The lowest BCUT2D eigenvalue weighted by atomic mass is 10.3. The quantitative estimate of drug-likeness (QED) is 0.484. The highest BCUT2D eigenvalue weighted by Gasteiger charge is 2.17. The van der Waals surface area contributed by atoms with Gasteiger partial charge in [-0.2, -0.15) is 0 Å². The molecule has 1 aromatic rings. The van der Waals surface area contributed by atoms with Crippen molar-refractivity contribution < 1.29 is 19.7 Å². The van der Waals surface area contributed by atoms with Gasteiger partial charge >= 0.3 is 5.97 Å². The van der Waals surface area contributed by atoms with Crippen LogP contribution in [0, 0.1) is 0 Å². The first-order valence-electron chi connectivity index (χ1n) is 4.75. The van der Waals surface area contributed by atoms with Crippen LogP contribution in [0.25, 0.3) is 0 Å². The van der Waals surface area contributed by atoms with E-state index in [0.717, 1.165) is 0 Å². The molecule has 8 heteroatoms. The van der Waals surface area contributed by atoms with Gasteiger partial charge < -0.3 is 20.7 Å². The lowest BCUT2D eigenvalue weighted by Crippen LogP contribution is -2.15. The second-order valence-corrected chi connectivity index (χ2v) is 2.95. The van der Waals surface area contributed by atoms with Gasteiger partial charge in [-0.05, 0) is 0 Å². The predicted octanol–water partition coefficient (Wildman–Crippen LogP) is -1.56. The summed E-state index contributed by atoms with van der Waals surface area (Å²) in [5, 5.41) is 24.5. The number of carboxylic acids is 1. The molecular weight excluding hydrogens is 216 g/mol. The van der Waals surface area contributed by atoms with Crippen molar-refractivity contribution in [1.82, 2.24) is 15.0 Å². The topological polar surface area (TPSA) is 123 Å². The average Bonchev–Trinajstić information content (AvgIpc) is 2.67. The third-order valence-corrected chi connectivity index (χ3v) is 1.92. The molecule has 0 radical (unpaired) electrons. The summed E-state index contributed by atoms with van der Waals surface area (Å²) in [6, 6.07) is 0. The number of aromatic carboxylic acids is 1. The summed E-state index contributed by atoms with van der Waals surface area (Å²) in [6.07, 6.45) is 0. The summed E-state index contributed by atoms with van der Waals surface area (Å²) >= 11 is 0. The third kappa shape index (κ3) is 2.99. The lowest BCUT2D eigenvalue weighted by molar-refractivity contribution is 0.0688. The molecule has 0 bridgehead atoms. The molecule has 4 N–H and O–H groups in total. The fourth-order valence-corrected chi connectivity index (χ4v) is 1.20. The molecule has 0 amide bonds. The van der Waals surface area contributed by atoms with Crippen LogP contribution in [0.1, 0.15) is 16.2 Å². The lowest BCUT2D eigenvalue weighted by Gasteiger charge is -2.05. The molecule has 1 aromatic heterocycles. The van der Waals surface area contributed by atoms with E-state index in [2.05, 4.69) is 10.3 Å². The number of aromatic nitrogens is 3. The summed E-state index contributed by atoms with van der Waals surface area (Å²) in [7, 11) is 0. The van der Waals surface area contributed by atoms with Crippen LogP contribution in [-0.4, -0.2) is 51.0 Å². The zero-order valence-corrected chi connectivity index (χ0v) is 8.67. The van der Waals surface area contributed by atoms with Gasteiger partial charge in [-0.25, -0.2) is 9.48 Å². The molecule has 90 valence electrons. The van der Waals surface area contributed by atoms with E-state index in [9.17, 15) is 4.79 Å². The number of rotatable bonds is 7. The molecule has 0 unspecified atom stereocenters. The number of aliphatic hydroxyl groups is 1. The Balaban J connectivity index is 2.62. The first-order valence-corrected chi connectivity index (χ1v) is 4.75. The first kappa shape index (κ1) is 12.6. The van der Waals surface area contributed by atoms with Crippen LogP contribution in [0.15, 0.2) is 0 Å². The number of nitrogens with two attached hydrogens (primary N) is 1. The van der Waals surface area contributed by atoms with Gasteiger partial charge in [0.1, 0.15) is 0 Å². The molecule has 1 rings (SSSR count).